The van der Waals surface area contributed by atoms with Crippen LogP contribution in [0.3, 0.4) is 0 Å². The van der Waals surface area contributed by atoms with Crippen molar-refractivity contribution in [2.45, 2.75) is 45.1 Å². The van der Waals surface area contributed by atoms with E-state index in [1.54, 1.807) is 0 Å². The standard InChI is InChI=1S/C28H30N2O3/c1-3-5-15-29-19-12-14-25-24(17-19)28(22-10-8-7-9-21(22)27(31)33-28)23-13-11-20(18-26(23)32-25)30-16-6-4-2/h7-14,17-18,29-30H,3-6,15-16H2,1-2H3. The monoisotopic (exact) mass is 442 g/mol. The van der Waals surface area contributed by atoms with Crippen LogP contribution in [0.1, 0.15) is 66.6 Å². The number of unbranched alkanes of at least 4 members (excludes halogenated alkanes) is 2. The Labute approximate surface area is 195 Å². The zero-order valence-electron chi connectivity index (χ0n) is 19.2. The molecule has 1 spiro atoms. The predicted octanol–water partition coefficient (Wildman–Crippen LogP) is 6.68. The third-order valence-electron chi connectivity index (χ3n) is 6.43. The van der Waals surface area contributed by atoms with Gasteiger partial charge in [0, 0.05) is 47.2 Å². The SMILES string of the molecule is CCCCNc1ccc2c(c1)Oc1ccc(NCCCC)cc1C21OC(=O)c2ccccc21. The lowest BCUT2D eigenvalue weighted by atomic mass is 9.77. The van der Waals surface area contributed by atoms with Crippen LogP contribution in [0, 0.1) is 0 Å². The van der Waals surface area contributed by atoms with Gasteiger partial charge in [0.15, 0.2) is 5.60 Å². The highest BCUT2D eigenvalue weighted by molar-refractivity contribution is 5.97. The molecule has 0 aromatic heterocycles. The second-order valence-electron chi connectivity index (χ2n) is 8.70. The molecule has 3 aromatic rings. The van der Waals surface area contributed by atoms with E-state index in [4.69, 9.17) is 9.47 Å². The van der Waals surface area contributed by atoms with Crippen molar-refractivity contribution in [3.8, 4) is 11.5 Å². The molecule has 5 rings (SSSR count). The van der Waals surface area contributed by atoms with Gasteiger partial charge in [-0.15, -0.1) is 0 Å². The molecule has 0 fully saturated rings. The fourth-order valence-corrected chi connectivity index (χ4v) is 4.71. The average Bonchev–Trinajstić information content (AvgIpc) is 3.13. The fraction of sp³-hybridized carbons (Fsp3) is 0.321. The maximum atomic E-state index is 13.0. The molecule has 0 saturated carbocycles. The Hall–Kier alpha value is -3.47. The van der Waals surface area contributed by atoms with Gasteiger partial charge < -0.3 is 20.1 Å². The topological polar surface area (TPSA) is 59.6 Å². The number of hydrogen-bond acceptors (Lipinski definition) is 5. The molecule has 3 aromatic carbocycles. The number of anilines is 2. The lowest BCUT2D eigenvalue weighted by Crippen LogP contribution is -2.33. The Morgan fingerprint density at radius 2 is 1.45 bits per heavy atom. The quantitative estimate of drug-likeness (QED) is 0.301. The summed E-state index contributed by atoms with van der Waals surface area (Å²) in [6, 6.07) is 19.8. The van der Waals surface area contributed by atoms with Gasteiger partial charge in [-0.25, -0.2) is 4.79 Å². The van der Waals surface area contributed by atoms with Gasteiger partial charge in [0.25, 0.3) is 0 Å². The van der Waals surface area contributed by atoms with Crippen LogP contribution in [-0.4, -0.2) is 19.1 Å². The summed E-state index contributed by atoms with van der Waals surface area (Å²) in [5.41, 5.74) is 4.12. The molecule has 170 valence electrons. The third kappa shape index (κ3) is 3.62. The lowest BCUT2D eigenvalue weighted by Gasteiger charge is -2.37. The van der Waals surface area contributed by atoms with E-state index in [0.29, 0.717) is 17.1 Å². The highest BCUT2D eigenvalue weighted by Gasteiger charge is 2.53. The van der Waals surface area contributed by atoms with Gasteiger partial charge in [0.1, 0.15) is 11.5 Å². The summed E-state index contributed by atoms with van der Waals surface area (Å²) in [6.07, 6.45) is 4.45. The van der Waals surface area contributed by atoms with Crippen LogP contribution in [0.15, 0.2) is 60.7 Å². The van der Waals surface area contributed by atoms with E-state index in [9.17, 15) is 4.79 Å². The number of benzene rings is 3. The van der Waals surface area contributed by atoms with Gasteiger partial charge in [0.05, 0.1) is 5.56 Å². The second-order valence-corrected chi connectivity index (χ2v) is 8.70. The van der Waals surface area contributed by atoms with Crippen LogP contribution < -0.4 is 15.4 Å². The summed E-state index contributed by atoms with van der Waals surface area (Å²) in [7, 11) is 0. The van der Waals surface area contributed by atoms with Gasteiger partial charge in [-0.3, -0.25) is 0 Å². The first kappa shape index (κ1) is 21.4. The normalized spacial score (nSPS) is 17.6. The van der Waals surface area contributed by atoms with Crippen molar-refractivity contribution in [3.05, 3.63) is 82.9 Å². The molecule has 2 N–H and O–H groups in total. The Balaban J connectivity index is 1.64. The minimum Gasteiger partial charge on any atom is -0.456 e. The van der Waals surface area contributed by atoms with Crippen LogP contribution >= 0.6 is 0 Å². The van der Waals surface area contributed by atoms with Crippen molar-refractivity contribution in [1.29, 1.82) is 0 Å². The minimum atomic E-state index is -1.03. The molecular formula is C28H30N2O3. The highest BCUT2D eigenvalue weighted by atomic mass is 16.6. The molecule has 0 amide bonds. The number of esters is 1. The maximum Gasteiger partial charge on any atom is 0.340 e. The van der Waals surface area contributed by atoms with Crippen molar-refractivity contribution >= 4 is 17.3 Å². The van der Waals surface area contributed by atoms with E-state index in [2.05, 4.69) is 30.5 Å². The molecule has 5 nitrogen and oxygen atoms in total. The minimum absolute atomic E-state index is 0.307. The maximum absolute atomic E-state index is 13.0. The van der Waals surface area contributed by atoms with Crippen LogP contribution in [0.2, 0.25) is 0 Å². The Morgan fingerprint density at radius 3 is 2.21 bits per heavy atom. The number of carbonyl (C=O) groups excluding carboxylic acids is 1. The first-order valence-electron chi connectivity index (χ1n) is 11.9. The molecule has 2 heterocycles. The van der Waals surface area contributed by atoms with Crippen molar-refractivity contribution in [1.82, 2.24) is 0 Å². The van der Waals surface area contributed by atoms with Crippen molar-refractivity contribution < 1.29 is 14.3 Å². The van der Waals surface area contributed by atoms with E-state index in [1.807, 2.05) is 54.6 Å². The molecule has 1 unspecified atom stereocenters. The summed E-state index contributed by atoms with van der Waals surface area (Å²) < 4.78 is 12.6. The van der Waals surface area contributed by atoms with Crippen molar-refractivity contribution in [2.24, 2.45) is 0 Å². The molecule has 2 aliphatic heterocycles. The molecule has 0 saturated heterocycles. The molecule has 33 heavy (non-hydrogen) atoms. The lowest BCUT2D eigenvalue weighted by molar-refractivity contribution is 0.0224. The number of ether oxygens (including phenoxy) is 2. The van der Waals surface area contributed by atoms with E-state index < -0.39 is 5.60 Å². The van der Waals surface area contributed by atoms with Crippen LogP contribution in [0.4, 0.5) is 11.4 Å². The smallest absolute Gasteiger partial charge is 0.340 e. The first-order valence-corrected chi connectivity index (χ1v) is 11.9. The van der Waals surface area contributed by atoms with E-state index in [0.717, 1.165) is 66.8 Å². The molecule has 1 atom stereocenters. The summed E-state index contributed by atoms with van der Waals surface area (Å²) in [5, 5.41) is 6.96. The van der Waals surface area contributed by atoms with Crippen molar-refractivity contribution in [2.75, 3.05) is 23.7 Å². The number of hydrogen-bond donors (Lipinski definition) is 2. The molecule has 0 aliphatic carbocycles. The van der Waals surface area contributed by atoms with E-state index >= 15 is 0 Å². The van der Waals surface area contributed by atoms with E-state index in [-0.39, 0.29) is 5.97 Å². The summed E-state index contributed by atoms with van der Waals surface area (Å²) in [6.45, 7) is 6.15. The van der Waals surface area contributed by atoms with E-state index in [1.165, 1.54) is 0 Å². The van der Waals surface area contributed by atoms with Gasteiger partial charge in [0.2, 0.25) is 0 Å². The zero-order valence-corrected chi connectivity index (χ0v) is 19.2. The molecule has 5 heteroatoms. The largest absolute Gasteiger partial charge is 0.456 e. The van der Waals surface area contributed by atoms with Gasteiger partial charge in [-0.05, 0) is 49.2 Å². The molecule has 0 radical (unpaired) electrons. The van der Waals surface area contributed by atoms with Crippen LogP contribution in [0.25, 0.3) is 0 Å². The molecular weight excluding hydrogens is 412 g/mol. The predicted molar refractivity (Wildman–Crippen MR) is 131 cm³/mol. The Bertz CT molecular complexity index is 1190. The van der Waals surface area contributed by atoms with Gasteiger partial charge in [-0.1, -0.05) is 44.9 Å². The fourth-order valence-electron chi connectivity index (χ4n) is 4.71. The average molecular weight is 443 g/mol. The summed E-state index contributed by atoms with van der Waals surface area (Å²) >= 11 is 0. The van der Waals surface area contributed by atoms with Gasteiger partial charge >= 0.3 is 5.97 Å². The number of fused-ring (bicyclic) bond motifs is 6. The second kappa shape index (κ2) is 8.81. The summed E-state index contributed by atoms with van der Waals surface area (Å²) in [4.78, 5) is 13.0. The molecule has 0 bridgehead atoms. The summed E-state index contributed by atoms with van der Waals surface area (Å²) in [5.74, 6) is 1.11. The highest BCUT2D eigenvalue weighted by Crippen LogP contribution is 2.56. The number of rotatable bonds is 8. The first-order chi connectivity index (χ1) is 16.2. The molecule has 2 aliphatic rings. The van der Waals surface area contributed by atoms with Crippen LogP contribution in [0.5, 0.6) is 11.5 Å². The number of carbonyl (C=O) groups is 1. The third-order valence-corrected chi connectivity index (χ3v) is 6.43. The number of nitrogens with one attached hydrogen (secondary N) is 2. The van der Waals surface area contributed by atoms with Gasteiger partial charge in [-0.2, -0.15) is 0 Å². The van der Waals surface area contributed by atoms with Crippen molar-refractivity contribution in [3.63, 3.8) is 0 Å². The van der Waals surface area contributed by atoms with Crippen LogP contribution in [-0.2, 0) is 10.3 Å². The Morgan fingerprint density at radius 1 is 0.758 bits per heavy atom. The zero-order chi connectivity index (χ0) is 22.8. The Kier molecular flexibility index (Phi) is 5.71.